The first-order valence-corrected chi connectivity index (χ1v) is 10.3. The van der Waals surface area contributed by atoms with E-state index in [1.165, 1.54) is 0 Å². The van der Waals surface area contributed by atoms with Gasteiger partial charge in [-0.3, -0.25) is 4.98 Å². The largest absolute Gasteiger partial charge is 0.491 e. The topological polar surface area (TPSA) is 106 Å². The molecule has 0 bridgehead atoms. The average molecular weight is 431 g/mol. The van der Waals surface area contributed by atoms with E-state index in [0.717, 1.165) is 33.8 Å². The van der Waals surface area contributed by atoms with Gasteiger partial charge in [0.25, 0.3) is 0 Å². The van der Waals surface area contributed by atoms with Crippen LogP contribution in [0.15, 0.2) is 59.4 Å². The van der Waals surface area contributed by atoms with Crippen LogP contribution in [-0.2, 0) is 0 Å². The molecule has 1 aromatic carbocycles. The van der Waals surface area contributed by atoms with Gasteiger partial charge in [-0.25, -0.2) is 9.97 Å². The zero-order chi connectivity index (χ0) is 22.5. The number of hydrogen-bond donors (Lipinski definition) is 2. The molecule has 1 unspecified atom stereocenters. The van der Waals surface area contributed by atoms with Crippen molar-refractivity contribution in [2.45, 2.75) is 20.0 Å². The van der Waals surface area contributed by atoms with E-state index in [1.807, 2.05) is 56.3 Å². The Labute approximate surface area is 186 Å². The van der Waals surface area contributed by atoms with Crippen LogP contribution in [-0.4, -0.2) is 51.5 Å². The number of aromatic nitrogens is 4. The molecule has 8 heteroatoms. The number of aliphatic hydroxyl groups is 1. The highest BCUT2D eigenvalue weighted by molar-refractivity contribution is 5.73. The van der Waals surface area contributed by atoms with Crippen molar-refractivity contribution in [2.75, 3.05) is 20.2 Å². The predicted octanol–water partition coefficient (Wildman–Crippen LogP) is 3.44. The molecule has 0 saturated carbocycles. The third-order valence-electron chi connectivity index (χ3n) is 4.95. The van der Waals surface area contributed by atoms with Crippen LogP contribution in [0, 0.1) is 13.8 Å². The fraction of sp³-hybridized carbons (Fsp3) is 0.250. The van der Waals surface area contributed by atoms with Gasteiger partial charge in [-0.1, -0.05) is 17.3 Å². The summed E-state index contributed by atoms with van der Waals surface area (Å²) in [6, 6.07) is 13.3. The number of aryl methyl sites for hydroxylation is 2. The lowest BCUT2D eigenvalue weighted by molar-refractivity contribution is 0.108. The molecule has 32 heavy (non-hydrogen) atoms. The zero-order valence-corrected chi connectivity index (χ0v) is 18.2. The predicted molar refractivity (Wildman–Crippen MR) is 121 cm³/mol. The maximum absolute atomic E-state index is 9.92. The van der Waals surface area contributed by atoms with Gasteiger partial charge in [-0.05, 0) is 51.2 Å². The van der Waals surface area contributed by atoms with Crippen LogP contribution in [0.1, 0.15) is 11.5 Å². The molecule has 4 aromatic rings. The summed E-state index contributed by atoms with van der Waals surface area (Å²) in [5.41, 5.74) is 4.76. The van der Waals surface area contributed by atoms with Crippen LogP contribution in [0.3, 0.4) is 0 Å². The summed E-state index contributed by atoms with van der Waals surface area (Å²) in [6.45, 7) is 4.40. The first kappa shape index (κ1) is 21.6. The number of pyridine rings is 1. The molecule has 0 saturated heterocycles. The highest BCUT2D eigenvalue weighted by Crippen LogP contribution is 2.31. The van der Waals surface area contributed by atoms with E-state index in [0.29, 0.717) is 23.9 Å². The maximum atomic E-state index is 9.92. The SMILES string of the molecule is CNCC(O)COc1cccc(-c2nc(-c3cccnc3)cc(-c3c(C)noc3C)n2)c1. The van der Waals surface area contributed by atoms with Gasteiger partial charge in [0, 0.05) is 30.1 Å². The molecule has 0 aliphatic rings. The van der Waals surface area contributed by atoms with Crippen LogP contribution >= 0.6 is 0 Å². The number of ether oxygens (including phenoxy) is 1. The normalized spacial score (nSPS) is 12.0. The Kier molecular flexibility index (Phi) is 6.53. The third kappa shape index (κ3) is 4.82. The number of hydrogen-bond acceptors (Lipinski definition) is 8. The van der Waals surface area contributed by atoms with Gasteiger partial charge in [0.15, 0.2) is 5.82 Å². The molecule has 3 heterocycles. The van der Waals surface area contributed by atoms with Crippen molar-refractivity contribution < 1.29 is 14.4 Å². The van der Waals surface area contributed by atoms with Crippen molar-refractivity contribution >= 4 is 0 Å². The molecule has 164 valence electrons. The minimum atomic E-state index is -0.597. The van der Waals surface area contributed by atoms with Crippen LogP contribution in [0.25, 0.3) is 33.9 Å². The highest BCUT2D eigenvalue weighted by atomic mass is 16.5. The summed E-state index contributed by atoms with van der Waals surface area (Å²) in [4.78, 5) is 13.8. The Balaban J connectivity index is 1.75. The number of likely N-dealkylation sites (N-methyl/N-ethyl adjacent to an activating group) is 1. The van der Waals surface area contributed by atoms with E-state index < -0.39 is 6.10 Å². The second-order valence-electron chi connectivity index (χ2n) is 7.45. The van der Waals surface area contributed by atoms with Crippen LogP contribution in [0.2, 0.25) is 0 Å². The molecule has 0 spiro atoms. The summed E-state index contributed by atoms with van der Waals surface area (Å²) < 4.78 is 11.1. The second-order valence-corrected chi connectivity index (χ2v) is 7.45. The van der Waals surface area contributed by atoms with Crippen molar-refractivity contribution in [2.24, 2.45) is 0 Å². The van der Waals surface area contributed by atoms with E-state index >= 15 is 0 Å². The molecule has 0 fully saturated rings. The van der Waals surface area contributed by atoms with Gasteiger partial charge in [0.05, 0.1) is 22.6 Å². The standard InChI is InChI=1S/C24H25N5O3/c1-15-23(16(2)32-29-15)22-11-21(18-7-5-9-26-12-18)27-24(28-22)17-6-4-8-20(10-17)31-14-19(30)13-25-3/h4-12,19,25,30H,13-14H2,1-3H3. The molecule has 0 radical (unpaired) electrons. The van der Waals surface area contributed by atoms with Crippen molar-refractivity contribution in [3.05, 3.63) is 66.3 Å². The van der Waals surface area contributed by atoms with Crippen molar-refractivity contribution in [3.8, 4) is 39.7 Å². The zero-order valence-electron chi connectivity index (χ0n) is 18.2. The molecule has 1 atom stereocenters. The van der Waals surface area contributed by atoms with Crippen LogP contribution in [0.4, 0.5) is 0 Å². The van der Waals surface area contributed by atoms with Gasteiger partial charge in [0.2, 0.25) is 0 Å². The number of nitrogens with zero attached hydrogens (tertiary/aromatic N) is 4. The smallest absolute Gasteiger partial charge is 0.160 e. The summed E-state index contributed by atoms with van der Waals surface area (Å²) in [7, 11) is 1.78. The molecule has 4 rings (SSSR count). The van der Waals surface area contributed by atoms with Crippen LogP contribution in [0.5, 0.6) is 5.75 Å². The molecular weight excluding hydrogens is 406 g/mol. The van der Waals surface area contributed by atoms with Gasteiger partial charge in [0.1, 0.15) is 24.2 Å². The lowest BCUT2D eigenvalue weighted by Crippen LogP contribution is -2.29. The quantitative estimate of drug-likeness (QED) is 0.437. The number of rotatable bonds is 8. The molecule has 0 amide bonds. The van der Waals surface area contributed by atoms with E-state index in [9.17, 15) is 5.11 Å². The molecule has 8 nitrogen and oxygen atoms in total. The highest BCUT2D eigenvalue weighted by Gasteiger charge is 2.17. The molecule has 3 aromatic heterocycles. The second kappa shape index (κ2) is 9.67. The fourth-order valence-electron chi connectivity index (χ4n) is 3.43. The van der Waals surface area contributed by atoms with Gasteiger partial charge in [-0.15, -0.1) is 0 Å². The van der Waals surface area contributed by atoms with Crippen molar-refractivity contribution in [3.63, 3.8) is 0 Å². The lowest BCUT2D eigenvalue weighted by Gasteiger charge is -2.13. The minimum absolute atomic E-state index is 0.186. The van der Waals surface area contributed by atoms with E-state index in [2.05, 4.69) is 15.5 Å². The van der Waals surface area contributed by atoms with E-state index in [-0.39, 0.29) is 6.61 Å². The molecule has 2 N–H and O–H groups in total. The number of aliphatic hydroxyl groups excluding tert-OH is 1. The Hall–Kier alpha value is -3.62. The first-order valence-electron chi connectivity index (χ1n) is 10.3. The van der Waals surface area contributed by atoms with Crippen molar-refractivity contribution in [1.82, 2.24) is 25.4 Å². The number of nitrogens with one attached hydrogen (secondary N) is 1. The summed E-state index contributed by atoms with van der Waals surface area (Å²) in [6.07, 6.45) is 2.90. The Morgan fingerprint density at radius 3 is 2.59 bits per heavy atom. The first-order chi connectivity index (χ1) is 15.5. The van der Waals surface area contributed by atoms with Gasteiger partial charge in [-0.2, -0.15) is 0 Å². The summed E-state index contributed by atoms with van der Waals surface area (Å²) in [5.74, 6) is 1.87. The Bertz CT molecular complexity index is 1170. The monoisotopic (exact) mass is 431 g/mol. The fourth-order valence-corrected chi connectivity index (χ4v) is 3.43. The van der Waals surface area contributed by atoms with E-state index in [1.54, 1.807) is 19.4 Å². The third-order valence-corrected chi connectivity index (χ3v) is 4.95. The molecule has 0 aliphatic carbocycles. The van der Waals surface area contributed by atoms with E-state index in [4.69, 9.17) is 19.2 Å². The van der Waals surface area contributed by atoms with Gasteiger partial charge >= 0.3 is 0 Å². The van der Waals surface area contributed by atoms with Crippen LogP contribution < -0.4 is 10.1 Å². The summed E-state index contributed by atoms with van der Waals surface area (Å²) in [5, 5.41) is 16.9. The van der Waals surface area contributed by atoms with Crippen molar-refractivity contribution in [1.29, 1.82) is 0 Å². The average Bonchev–Trinajstić information content (AvgIpc) is 3.16. The maximum Gasteiger partial charge on any atom is 0.160 e. The van der Waals surface area contributed by atoms with Gasteiger partial charge < -0.3 is 19.7 Å². The number of benzene rings is 1. The Morgan fingerprint density at radius 2 is 1.88 bits per heavy atom. The minimum Gasteiger partial charge on any atom is -0.491 e. The summed E-state index contributed by atoms with van der Waals surface area (Å²) >= 11 is 0. The Morgan fingerprint density at radius 1 is 1.06 bits per heavy atom. The molecule has 0 aliphatic heterocycles. The molecular formula is C24H25N5O3. The lowest BCUT2D eigenvalue weighted by atomic mass is 10.1.